The van der Waals surface area contributed by atoms with Gasteiger partial charge in [0, 0.05) is 11.5 Å². The van der Waals surface area contributed by atoms with Crippen LogP contribution >= 0.6 is 34.8 Å². The van der Waals surface area contributed by atoms with Crippen molar-refractivity contribution in [3.63, 3.8) is 0 Å². The fourth-order valence-electron chi connectivity index (χ4n) is 3.72. The Kier molecular flexibility index (Phi) is 8.29. The highest BCUT2D eigenvalue weighted by molar-refractivity contribution is 6.50. The Morgan fingerprint density at radius 1 is 1.00 bits per heavy atom. The number of nitrogens with one attached hydrogen (secondary N) is 1. The minimum atomic E-state index is -1.28. The zero-order valence-corrected chi connectivity index (χ0v) is 22.1. The fraction of sp³-hybridized carbons (Fsp3) is 0.115. The SMILES string of the molecule is CCOC(=O)c1c(O)c2cc(Cl)c(Cl)c(Cl)c2n(-c2cc(NC(=O)OCc3ccccc3)c(F)cc2F)c1=O. The Morgan fingerprint density at radius 2 is 1.69 bits per heavy atom. The third-order valence-electron chi connectivity index (χ3n) is 5.48. The maximum Gasteiger partial charge on any atom is 0.412 e. The third-order valence-corrected chi connectivity index (χ3v) is 6.73. The number of fused-ring (bicyclic) bond motifs is 1. The van der Waals surface area contributed by atoms with Gasteiger partial charge in [-0.25, -0.2) is 18.4 Å². The molecule has 0 spiro atoms. The average Bonchev–Trinajstić information content (AvgIpc) is 2.90. The molecule has 1 heterocycles. The minimum Gasteiger partial charge on any atom is -0.506 e. The molecule has 0 saturated heterocycles. The summed E-state index contributed by atoms with van der Waals surface area (Å²) in [5.41, 5.74) is -3.01. The van der Waals surface area contributed by atoms with Crippen LogP contribution in [0.4, 0.5) is 19.3 Å². The molecule has 4 rings (SSSR count). The standard InChI is InChI=1S/C26H17Cl3F2N2O6/c1-2-38-25(36)19-23(34)13-8-14(27)20(28)21(29)22(13)33(24(19)35)18-10-17(15(30)9-16(18)31)32-26(37)39-11-12-6-4-3-5-7-12/h3-10,34H,2,11H2,1H3,(H,32,37). The van der Waals surface area contributed by atoms with Crippen molar-refractivity contribution in [2.75, 3.05) is 11.9 Å². The lowest BCUT2D eigenvalue weighted by molar-refractivity contribution is 0.0520. The average molecular weight is 598 g/mol. The smallest absolute Gasteiger partial charge is 0.412 e. The van der Waals surface area contributed by atoms with Crippen molar-refractivity contribution in [1.82, 2.24) is 4.57 Å². The number of nitrogens with zero attached hydrogens (tertiary/aromatic N) is 1. The lowest BCUT2D eigenvalue weighted by Gasteiger charge is -2.18. The summed E-state index contributed by atoms with van der Waals surface area (Å²) in [5.74, 6) is -4.53. The maximum absolute atomic E-state index is 15.2. The molecule has 0 unspecified atom stereocenters. The van der Waals surface area contributed by atoms with Crippen molar-refractivity contribution in [3.8, 4) is 11.4 Å². The predicted octanol–water partition coefficient (Wildman–Crippen LogP) is 6.86. The normalized spacial score (nSPS) is 10.9. The Hall–Kier alpha value is -3.86. The summed E-state index contributed by atoms with van der Waals surface area (Å²) in [5, 5.41) is 11.9. The van der Waals surface area contributed by atoms with Crippen LogP contribution in [0.15, 0.2) is 53.3 Å². The molecule has 13 heteroatoms. The van der Waals surface area contributed by atoms with Crippen molar-refractivity contribution in [2.45, 2.75) is 13.5 Å². The number of anilines is 1. The van der Waals surface area contributed by atoms with Crippen LogP contribution < -0.4 is 10.9 Å². The molecule has 8 nitrogen and oxygen atoms in total. The van der Waals surface area contributed by atoms with E-state index in [2.05, 4.69) is 5.32 Å². The number of hydrogen-bond donors (Lipinski definition) is 2. The molecule has 1 amide bonds. The topological polar surface area (TPSA) is 107 Å². The van der Waals surface area contributed by atoms with E-state index < -0.39 is 51.9 Å². The van der Waals surface area contributed by atoms with Gasteiger partial charge in [0.05, 0.1) is 38.6 Å². The molecule has 0 bridgehead atoms. The summed E-state index contributed by atoms with van der Waals surface area (Å²) in [4.78, 5) is 38.4. The minimum absolute atomic E-state index is 0.137. The Morgan fingerprint density at radius 3 is 2.36 bits per heavy atom. The number of esters is 1. The van der Waals surface area contributed by atoms with Crippen LogP contribution in [-0.2, 0) is 16.1 Å². The van der Waals surface area contributed by atoms with Gasteiger partial charge in [-0.05, 0) is 24.6 Å². The van der Waals surface area contributed by atoms with Crippen molar-refractivity contribution in [1.29, 1.82) is 0 Å². The van der Waals surface area contributed by atoms with Crippen molar-refractivity contribution >= 4 is 63.5 Å². The van der Waals surface area contributed by atoms with E-state index in [0.717, 1.165) is 12.1 Å². The summed E-state index contributed by atoms with van der Waals surface area (Å²) >= 11 is 18.6. The maximum atomic E-state index is 15.2. The first-order valence-corrected chi connectivity index (χ1v) is 12.3. The van der Waals surface area contributed by atoms with Crippen LogP contribution in [0.3, 0.4) is 0 Å². The molecule has 3 aromatic carbocycles. The number of rotatable bonds is 6. The largest absolute Gasteiger partial charge is 0.506 e. The second kappa shape index (κ2) is 11.5. The Balaban J connectivity index is 1.89. The van der Waals surface area contributed by atoms with Gasteiger partial charge in [0.1, 0.15) is 24.0 Å². The molecule has 4 aromatic rings. The monoisotopic (exact) mass is 596 g/mol. The number of aromatic hydroxyl groups is 1. The molecule has 202 valence electrons. The molecular weight excluding hydrogens is 581 g/mol. The van der Waals surface area contributed by atoms with Crippen LogP contribution in [0, 0.1) is 11.6 Å². The fourth-order valence-corrected chi connectivity index (χ4v) is 4.41. The van der Waals surface area contributed by atoms with Crippen molar-refractivity contribution in [3.05, 3.63) is 96.7 Å². The molecule has 0 aliphatic heterocycles. The van der Waals surface area contributed by atoms with Crippen molar-refractivity contribution in [2.24, 2.45) is 0 Å². The number of ether oxygens (including phenoxy) is 2. The van der Waals surface area contributed by atoms with Gasteiger partial charge in [0.25, 0.3) is 5.56 Å². The van der Waals surface area contributed by atoms with E-state index >= 15 is 4.39 Å². The molecule has 0 atom stereocenters. The summed E-state index contributed by atoms with van der Waals surface area (Å²) in [6.07, 6.45) is -1.07. The molecule has 0 aliphatic rings. The van der Waals surface area contributed by atoms with Gasteiger partial charge in [-0.2, -0.15) is 0 Å². The molecule has 0 radical (unpaired) electrons. The first-order chi connectivity index (χ1) is 18.5. The van der Waals surface area contributed by atoms with E-state index in [1.807, 2.05) is 0 Å². The first kappa shape index (κ1) is 28.2. The van der Waals surface area contributed by atoms with Gasteiger partial charge in [-0.3, -0.25) is 14.7 Å². The highest BCUT2D eigenvalue weighted by atomic mass is 35.5. The number of hydrogen-bond acceptors (Lipinski definition) is 6. The van der Waals surface area contributed by atoms with Gasteiger partial charge < -0.3 is 14.6 Å². The Labute approximate surface area is 234 Å². The predicted molar refractivity (Wildman–Crippen MR) is 142 cm³/mol. The lowest BCUT2D eigenvalue weighted by atomic mass is 10.1. The summed E-state index contributed by atoms with van der Waals surface area (Å²) in [6.45, 7) is 1.18. The first-order valence-electron chi connectivity index (χ1n) is 11.1. The lowest BCUT2D eigenvalue weighted by Crippen LogP contribution is -2.28. The number of carbonyl (C=O) groups is 2. The molecule has 0 fully saturated rings. The molecule has 2 N–H and O–H groups in total. The van der Waals surface area contributed by atoms with Gasteiger partial charge in [0.15, 0.2) is 5.56 Å². The van der Waals surface area contributed by atoms with E-state index in [1.165, 1.54) is 6.92 Å². The third kappa shape index (κ3) is 5.49. The number of pyridine rings is 1. The van der Waals surface area contributed by atoms with Crippen LogP contribution in [0.5, 0.6) is 5.75 Å². The number of benzene rings is 3. The number of halogens is 5. The van der Waals surface area contributed by atoms with Crippen LogP contribution in [0.25, 0.3) is 16.6 Å². The quantitative estimate of drug-likeness (QED) is 0.186. The van der Waals surface area contributed by atoms with Gasteiger partial charge in [-0.15, -0.1) is 0 Å². The number of amides is 1. The highest BCUT2D eigenvalue weighted by Gasteiger charge is 2.28. The molecule has 1 aromatic heterocycles. The summed E-state index contributed by atoms with van der Waals surface area (Å²) in [7, 11) is 0. The summed E-state index contributed by atoms with van der Waals surface area (Å²) < 4.78 is 40.4. The van der Waals surface area contributed by atoms with Crippen LogP contribution in [-0.4, -0.2) is 28.3 Å². The van der Waals surface area contributed by atoms with E-state index in [-0.39, 0.29) is 39.2 Å². The number of carbonyl (C=O) groups excluding carboxylic acids is 2. The van der Waals surface area contributed by atoms with Gasteiger partial charge in [0.2, 0.25) is 0 Å². The van der Waals surface area contributed by atoms with E-state index in [4.69, 9.17) is 44.3 Å². The highest BCUT2D eigenvalue weighted by Crippen LogP contribution is 2.41. The molecular formula is C26H17Cl3F2N2O6. The molecule has 39 heavy (non-hydrogen) atoms. The molecule has 0 saturated carbocycles. The van der Waals surface area contributed by atoms with Crippen molar-refractivity contribution < 1.29 is 33.0 Å². The number of aromatic nitrogens is 1. The zero-order valence-electron chi connectivity index (χ0n) is 19.9. The zero-order chi connectivity index (χ0) is 28.4. The second-order valence-corrected chi connectivity index (χ2v) is 9.10. The van der Waals surface area contributed by atoms with Gasteiger partial charge in [-0.1, -0.05) is 65.1 Å². The van der Waals surface area contributed by atoms with E-state index in [0.29, 0.717) is 16.2 Å². The van der Waals surface area contributed by atoms with E-state index in [9.17, 15) is 23.9 Å². The van der Waals surface area contributed by atoms with E-state index in [1.54, 1.807) is 30.3 Å². The van der Waals surface area contributed by atoms with Crippen LogP contribution in [0.1, 0.15) is 22.8 Å². The molecule has 0 aliphatic carbocycles. The Bertz CT molecular complexity index is 1680. The van der Waals surface area contributed by atoms with Crippen LogP contribution in [0.2, 0.25) is 15.1 Å². The summed E-state index contributed by atoms with van der Waals surface area (Å²) in [6, 6.07) is 11.0. The van der Waals surface area contributed by atoms with Gasteiger partial charge >= 0.3 is 12.1 Å². The second-order valence-electron chi connectivity index (χ2n) is 7.94.